The summed E-state index contributed by atoms with van der Waals surface area (Å²) in [5.41, 5.74) is -1.52. The summed E-state index contributed by atoms with van der Waals surface area (Å²) in [6.07, 6.45) is -5.89. The minimum absolute atomic E-state index is 0.0422. The lowest BCUT2D eigenvalue weighted by Gasteiger charge is -2.14. The highest BCUT2D eigenvalue weighted by molar-refractivity contribution is 6.30. The van der Waals surface area contributed by atoms with Gasteiger partial charge in [0.2, 0.25) is 0 Å². The third-order valence-electron chi connectivity index (χ3n) is 4.21. The summed E-state index contributed by atoms with van der Waals surface area (Å²) in [6, 6.07) is 5.65. The Kier molecular flexibility index (Phi) is 9.87. The minimum atomic E-state index is -4.91. The molecule has 2 rings (SSSR count). The van der Waals surface area contributed by atoms with Crippen LogP contribution in [0.4, 0.5) is 22.0 Å². The van der Waals surface area contributed by atoms with Crippen LogP contribution >= 0.6 is 11.6 Å². The molecule has 3 N–H and O–H groups in total. The van der Waals surface area contributed by atoms with Crippen LogP contribution in [0.5, 0.6) is 11.5 Å². The summed E-state index contributed by atoms with van der Waals surface area (Å²) in [7, 11) is 0. The van der Waals surface area contributed by atoms with E-state index in [-0.39, 0.29) is 36.0 Å². The Labute approximate surface area is 195 Å². The molecule has 0 heterocycles. The number of ether oxygens (including phenoxy) is 2. The second-order valence-corrected chi connectivity index (χ2v) is 7.30. The third kappa shape index (κ3) is 9.02. The first-order valence-electron chi connectivity index (χ1n) is 9.74. The van der Waals surface area contributed by atoms with Crippen LogP contribution < -0.4 is 20.1 Å². The highest BCUT2D eigenvalue weighted by Crippen LogP contribution is 2.33. The number of alkyl halides is 3. The van der Waals surface area contributed by atoms with Crippen LogP contribution in [0, 0.1) is 11.6 Å². The van der Waals surface area contributed by atoms with Gasteiger partial charge in [0.1, 0.15) is 23.1 Å². The normalized spacial score (nSPS) is 12.1. The van der Waals surface area contributed by atoms with E-state index in [0.29, 0.717) is 12.1 Å². The van der Waals surface area contributed by atoms with Crippen molar-refractivity contribution < 1.29 is 46.1 Å². The van der Waals surface area contributed by atoms with E-state index in [1.807, 2.05) is 0 Å². The topological polar surface area (TPSA) is 96.9 Å². The number of aliphatic hydroxyl groups is 1. The Morgan fingerprint density at radius 2 is 1.53 bits per heavy atom. The molecular weight excluding hydrogens is 491 g/mol. The quantitative estimate of drug-likeness (QED) is 0.404. The number of hydrogen-bond acceptors (Lipinski definition) is 5. The van der Waals surface area contributed by atoms with E-state index in [1.165, 1.54) is 12.1 Å². The lowest BCUT2D eigenvalue weighted by molar-refractivity contribution is -0.140. The molecule has 0 aliphatic rings. The first-order chi connectivity index (χ1) is 16.0. The molecule has 186 valence electrons. The summed E-state index contributed by atoms with van der Waals surface area (Å²) in [6.45, 7) is -1.23. The number of halogens is 6. The van der Waals surface area contributed by atoms with Crippen LogP contribution in [0.3, 0.4) is 0 Å². The summed E-state index contributed by atoms with van der Waals surface area (Å²) in [5.74, 6) is -3.67. The molecule has 2 amide bonds. The SMILES string of the molecule is O=C(COc1ccc(Cl)c(F)c1)NCC[C@H](O)CNC(=O)COc1ccc(F)c(C(F)(F)F)c1. The maximum atomic E-state index is 13.3. The molecular formula is C21H20ClF5N2O5. The summed E-state index contributed by atoms with van der Waals surface area (Å²) < 4.78 is 74.6. The van der Waals surface area contributed by atoms with Gasteiger partial charge in [0.15, 0.2) is 13.2 Å². The fourth-order valence-electron chi connectivity index (χ4n) is 2.49. The zero-order chi connectivity index (χ0) is 25.3. The average molecular weight is 511 g/mol. The van der Waals surface area contributed by atoms with Gasteiger partial charge in [-0.1, -0.05) is 11.6 Å². The fourth-order valence-corrected chi connectivity index (χ4v) is 2.61. The number of nitrogens with one attached hydrogen (secondary N) is 2. The van der Waals surface area contributed by atoms with Crippen molar-refractivity contribution in [3.63, 3.8) is 0 Å². The van der Waals surface area contributed by atoms with E-state index in [4.69, 9.17) is 21.1 Å². The zero-order valence-corrected chi connectivity index (χ0v) is 18.2. The Hall–Kier alpha value is -3.12. The standard InChI is InChI=1S/C21H20ClF5N2O5/c22-16-3-1-14(8-18(16)24)34-10-19(31)28-6-5-12(30)9-29-20(32)11-33-13-2-4-17(23)15(7-13)21(25,26)27/h1-4,7-8,12,30H,5-6,9-11H2,(H,28,31)(H,29,32)/t12-/m0/s1. The van der Waals surface area contributed by atoms with Crippen LogP contribution in [0.25, 0.3) is 0 Å². The molecule has 0 saturated carbocycles. The summed E-state index contributed by atoms with van der Waals surface area (Å²) >= 11 is 5.54. The van der Waals surface area contributed by atoms with Gasteiger partial charge >= 0.3 is 6.18 Å². The highest BCUT2D eigenvalue weighted by Gasteiger charge is 2.34. The Bertz CT molecular complexity index is 1010. The molecule has 7 nitrogen and oxygen atoms in total. The molecule has 34 heavy (non-hydrogen) atoms. The maximum Gasteiger partial charge on any atom is 0.419 e. The van der Waals surface area contributed by atoms with Gasteiger partial charge < -0.3 is 25.2 Å². The second-order valence-electron chi connectivity index (χ2n) is 6.89. The fraction of sp³-hybridized carbons (Fsp3) is 0.333. The lowest BCUT2D eigenvalue weighted by Crippen LogP contribution is -2.37. The summed E-state index contributed by atoms with van der Waals surface area (Å²) in [4.78, 5) is 23.5. The van der Waals surface area contributed by atoms with Crippen LogP contribution in [-0.4, -0.2) is 49.3 Å². The maximum absolute atomic E-state index is 13.3. The monoisotopic (exact) mass is 510 g/mol. The number of hydrogen-bond donors (Lipinski definition) is 3. The number of carbonyl (C=O) groups excluding carboxylic acids is 2. The number of aliphatic hydroxyl groups excluding tert-OH is 1. The Balaban J connectivity index is 1.63. The molecule has 0 fully saturated rings. The van der Waals surface area contributed by atoms with Crippen molar-refractivity contribution >= 4 is 23.4 Å². The Morgan fingerprint density at radius 3 is 2.15 bits per heavy atom. The van der Waals surface area contributed by atoms with E-state index in [0.717, 1.165) is 12.1 Å². The third-order valence-corrected chi connectivity index (χ3v) is 4.52. The van der Waals surface area contributed by atoms with E-state index >= 15 is 0 Å². The molecule has 0 bridgehead atoms. The van der Waals surface area contributed by atoms with Crippen molar-refractivity contribution in [1.82, 2.24) is 10.6 Å². The van der Waals surface area contributed by atoms with E-state index in [1.54, 1.807) is 0 Å². The molecule has 2 aromatic carbocycles. The molecule has 0 aliphatic heterocycles. The zero-order valence-electron chi connectivity index (χ0n) is 17.4. The predicted molar refractivity (Wildman–Crippen MR) is 110 cm³/mol. The van der Waals surface area contributed by atoms with Crippen molar-refractivity contribution in [3.05, 3.63) is 58.6 Å². The summed E-state index contributed by atoms with van der Waals surface area (Å²) in [5, 5.41) is 14.5. The molecule has 0 aliphatic carbocycles. The van der Waals surface area contributed by atoms with E-state index in [9.17, 15) is 36.6 Å². The highest BCUT2D eigenvalue weighted by atomic mass is 35.5. The van der Waals surface area contributed by atoms with Gasteiger partial charge in [-0.3, -0.25) is 9.59 Å². The van der Waals surface area contributed by atoms with Crippen molar-refractivity contribution in [1.29, 1.82) is 0 Å². The number of amides is 2. The smallest absolute Gasteiger partial charge is 0.419 e. The van der Waals surface area contributed by atoms with Crippen LogP contribution in [-0.2, 0) is 15.8 Å². The molecule has 13 heteroatoms. The molecule has 2 aromatic rings. The first kappa shape index (κ1) is 27.1. The van der Waals surface area contributed by atoms with Gasteiger partial charge in [-0.25, -0.2) is 8.78 Å². The van der Waals surface area contributed by atoms with Gasteiger partial charge in [0.25, 0.3) is 11.8 Å². The predicted octanol–water partition coefficient (Wildman–Crippen LogP) is 3.08. The van der Waals surface area contributed by atoms with Crippen molar-refractivity contribution in [2.45, 2.75) is 18.7 Å². The van der Waals surface area contributed by atoms with E-state index < -0.39 is 54.5 Å². The van der Waals surface area contributed by atoms with Gasteiger partial charge in [0.05, 0.1) is 16.7 Å². The van der Waals surface area contributed by atoms with Crippen molar-refractivity contribution in [3.8, 4) is 11.5 Å². The molecule has 0 aromatic heterocycles. The van der Waals surface area contributed by atoms with Crippen LogP contribution in [0.2, 0.25) is 5.02 Å². The molecule has 0 unspecified atom stereocenters. The van der Waals surface area contributed by atoms with Crippen LogP contribution in [0.1, 0.15) is 12.0 Å². The van der Waals surface area contributed by atoms with Gasteiger partial charge in [-0.15, -0.1) is 0 Å². The minimum Gasteiger partial charge on any atom is -0.484 e. The first-order valence-corrected chi connectivity index (χ1v) is 10.1. The number of benzene rings is 2. The van der Waals surface area contributed by atoms with Gasteiger partial charge in [0, 0.05) is 19.2 Å². The second kappa shape index (κ2) is 12.4. The van der Waals surface area contributed by atoms with Crippen molar-refractivity contribution in [2.75, 3.05) is 26.3 Å². The van der Waals surface area contributed by atoms with Crippen LogP contribution in [0.15, 0.2) is 36.4 Å². The largest absolute Gasteiger partial charge is 0.484 e. The van der Waals surface area contributed by atoms with Gasteiger partial charge in [-0.2, -0.15) is 13.2 Å². The average Bonchev–Trinajstić information content (AvgIpc) is 2.77. The molecule has 1 atom stereocenters. The van der Waals surface area contributed by atoms with E-state index in [2.05, 4.69) is 10.6 Å². The number of carbonyl (C=O) groups is 2. The number of rotatable bonds is 11. The molecule has 0 radical (unpaired) electrons. The van der Waals surface area contributed by atoms with Gasteiger partial charge in [-0.05, 0) is 36.8 Å². The van der Waals surface area contributed by atoms with Crippen molar-refractivity contribution in [2.24, 2.45) is 0 Å². The molecule has 0 spiro atoms. The molecule has 0 saturated heterocycles. The lowest BCUT2D eigenvalue weighted by atomic mass is 10.2. The Morgan fingerprint density at radius 1 is 0.941 bits per heavy atom.